The van der Waals surface area contributed by atoms with Gasteiger partial charge in [-0.2, -0.15) is 0 Å². The van der Waals surface area contributed by atoms with Gasteiger partial charge in [0.15, 0.2) is 0 Å². The van der Waals surface area contributed by atoms with E-state index >= 15 is 0 Å². The molecule has 2 amide bonds. The van der Waals surface area contributed by atoms with Crippen molar-refractivity contribution in [1.29, 1.82) is 0 Å². The lowest BCUT2D eigenvalue weighted by Crippen LogP contribution is -2.25. The Balaban J connectivity index is 0.000000261. The highest BCUT2D eigenvalue weighted by atomic mass is 16.2. The Labute approximate surface area is 73.1 Å². The second-order valence-electron chi connectivity index (χ2n) is 3.03. The summed E-state index contributed by atoms with van der Waals surface area (Å²) in [6.45, 7) is 4.80. The maximum absolute atomic E-state index is 10.8. The highest BCUT2D eigenvalue weighted by molar-refractivity contribution is 5.75. The van der Waals surface area contributed by atoms with Crippen LogP contribution < -0.4 is 0 Å². The summed E-state index contributed by atoms with van der Waals surface area (Å²) in [4.78, 5) is 23.6. The van der Waals surface area contributed by atoms with E-state index in [0.717, 1.165) is 13.1 Å². The molecule has 0 radical (unpaired) electrons. The predicted molar refractivity (Wildman–Crippen MR) is 47.0 cm³/mol. The number of likely N-dealkylation sites (N-methyl/N-ethyl adjacent to an activating group) is 2. The van der Waals surface area contributed by atoms with Crippen LogP contribution in [0.5, 0.6) is 0 Å². The van der Waals surface area contributed by atoms with Crippen molar-refractivity contribution < 1.29 is 9.59 Å². The Bertz CT molecular complexity index is 164. The van der Waals surface area contributed by atoms with Gasteiger partial charge < -0.3 is 14.6 Å². The number of hydrogen-bond acceptors (Lipinski definition) is 2. The molecule has 1 aliphatic rings. The van der Waals surface area contributed by atoms with Gasteiger partial charge in [0.25, 0.3) is 0 Å². The molecular formula is C8H16N2O2. The van der Waals surface area contributed by atoms with E-state index in [-0.39, 0.29) is 11.8 Å². The summed E-state index contributed by atoms with van der Waals surface area (Å²) >= 11 is 0. The number of hydrogen-bond donors (Lipinski definition) is 0. The number of amides is 2. The number of carbonyl (C=O) groups excluding carboxylic acids is 2. The van der Waals surface area contributed by atoms with E-state index in [4.69, 9.17) is 0 Å². The van der Waals surface area contributed by atoms with Crippen LogP contribution in [0.1, 0.15) is 13.8 Å². The first-order valence-corrected chi connectivity index (χ1v) is 3.88. The van der Waals surface area contributed by atoms with E-state index in [1.165, 1.54) is 13.8 Å². The van der Waals surface area contributed by atoms with Crippen LogP contribution in [0, 0.1) is 0 Å². The minimum Gasteiger partial charge on any atom is -0.326 e. The van der Waals surface area contributed by atoms with Gasteiger partial charge >= 0.3 is 6.03 Å². The number of rotatable bonds is 0. The molecule has 1 aliphatic heterocycles. The summed E-state index contributed by atoms with van der Waals surface area (Å²) < 4.78 is 0. The van der Waals surface area contributed by atoms with Crippen LogP contribution in [0.25, 0.3) is 0 Å². The van der Waals surface area contributed by atoms with Crippen LogP contribution in [-0.2, 0) is 4.79 Å². The summed E-state index contributed by atoms with van der Waals surface area (Å²) in [5.41, 5.74) is 0. The Morgan fingerprint density at radius 3 is 1.50 bits per heavy atom. The number of Topliss-reactive ketones (excluding diaryl/α,β-unsaturated/α-hetero) is 1. The lowest BCUT2D eigenvalue weighted by Gasteiger charge is -2.07. The van der Waals surface area contributed by atoms with Crippen LogP contribution in [0.2, 0.25) is 0 Å². The van der Waals surface area contributed by atoms with E-state index < -0.39 is 0 Å². The molecule has 0 atom stereocenters. The molecule has 1 rings (SSSR count). The average Bonchev–Trinajstić information content (AvgIpc) is 2.19. The largest absolute Gasteiger partial charge is 0.326 e. The lowest BCUT2D eigenvalue weighted by atomic mass is 10.6. The highest BCUT2D eigenvalue weighted by Crippen LogP contribution is 2.00. The topological polar surface area (TPSA) is 40.6 Å². The van der Waals surface area contributed by atoms with Crippen molar-refractivity contribution in [3.05, 3.63) is 0 Å². The fourth-order valence-electron chi connectivity index (χ4n) is 0.783. The molecular weight excluding hydrogens is 156 g/mol. The van der Waals surface area contributed by atoms with Gasteiger partial charge in [-0.25, -0.2) is 4.79 Å². The second-order valence-corrected chi connectivity index (χ2v) is 3.03. The Hall–Kier alpha value is -1.06. The van der Waals surface area contributed by atoms with Crippen LogP contribution in [0.4, 0.5) is 4.79 Å². The van der Waals surface area contributed by atoms with Gasteiger partial charge in [0.1, 0.15) is 5.78 Å². The summed E-state index contributed by atoms with van der Waals surface area (Å²) in [6.07, 6.45) is 0. The molecule has 0 aromatic carbocycles. The predicted octanol–water partition coefficient (Wildman–Crippen LogP) is 0.579. The number of urea groups is 1. The van der Waals surface area contributed by atoms with E-state index in [1.807, 2.05) is 14.1 Å². The van der Waals surface area contributed by atoms with E-state index in [0.29, 0.717) is 0 Å². The minimum atomic E-state index is 0.130. The van der Waals surface area contributed by atoms with Gasteiger partial charge in [-0.3, -0.25) is 0 Å². The summed E-state index contributed by atoms with van der Waals surface area (Å²) in [5.74, 6) is 0.167. The Kier molecular flexibility index (Phi) is 4.33. The third kappa shape index (κ3) is 3.95. The first-order chi connectivity index (χ1) is 5.45. The highest BCUT2D eigenvalue weighted by Gasteiger charge is 2.20. The summed E-state index contributed by atoms with van der Waals surface area (Å²) in [7, 11) is 3.62. The monoisotopic (exact) mass is 172 g/mol. The van der Waals surface area contributed by atoms with Crippen molar-refractivity contribution in [2.45, 2.75) is 13.8 Å². The second kappa shape index (κ2) is 4.74. The summed E-state index contributed by atoms with van der Waals surface area (Å²) in [5, 5.41) is 0. The molecule has 1 heterocycles. The van der Waals surface area contributed by atoms with E-state index in [9.17, 15) is 9.59 Å². The maximum atomic E-state index is 10.8. The molecule has 0 bridgehead atoms. The van der Waals surface area contributed by atoms with Crippen molar-refractivity contribution in [3.8, 4) is 0 Å². The Morgan fingerprint density at radius 1 is 1.17 bits per heavy atom. The lowest BCUT2D eigenvalue weighted by molar-refractivity contribution is -0.114. The molecule has 70 valence electrons. The Morgan fingerprint density at radius 2 is 1.42 bits per heavy atom. The molecule has 0 aromatic rings. The quantitative estimate of drug-likeness (QED) is 0.536. The first-order valence-electron chi connectivity index (χ1n) is 3.88. The molecule has 0 N–H and O–H groups in total. The number of nitrogens with zero attached hydrogens (tertiary/aromatic N) is 2. The minimum absolute atomic E-state index is 0.130. The van der Waals surface area contributed by atoms with E-state index in [1.54, 1.807) is 9.80 Å². The molecule has 4 heteroatoms. The smallest absolute Gasteiger partial charge is 0.319 e. The van der Waals surface area contributed by atoms with E-state index in [2.05, 4.69) is 0 Å². The van der Waals surface area contributed by atoms with Crippen LogP contribution >= 0.6 is 0 Å². The molecule has 0 spiro atoms. The maximum Gasteiger partial charge on any atom is 0.319 e. The molecule has 4 nitrogen and oxygen atoms in total. The van der Waals surface area contributed by atoms with Gasteiger partial charge in [0.2, 0.25) is 0 Å². The average molecular weight is 172 g/mol. The normalized spacial score (nSPS) is 15.8. The molecule has 0 saturated carbocycles. The van der Waals surface area contributed by atoms with Crippen LogP contribution in [-0.4, -0.2) is 48.8 Å². The van der Waals surface area contributed by atoms with Crippen LogP contribution in [0.15, 0.2) is 0 Å². The first kappa shape index (κ1) is 10.9. The zero-order valence-corrected chi connectivity index (χ0v) is 8.13. The van der Waals surface area contributed by atoms with Gasteiger partial charge in [-0.05, 0) is 13.8 Å². The van der Waals surface area contributed by atoms with Crippen molar-refractivity contribution in [1.82, 2.24) is 9.80 Å². The van der Waals surface area contributed by atoms with Crippen molar-refractivity contribution in [3.63, 3.8) is 0 Å². The fourth-order valence-corrected chi connectivity index (χ4v) is 0.783. The molecule has 0 unspecified atom stereocenters. The van der Waals surface area contributed by atoms with Gasteiger partial charge in [0, 0.05) is 27.2 Å². The number of ketones is 1. The van der Waals surface area contributed by atoms with Gasteiger partial charge in [-0.1, -0.05) is 0 Å². The van der Waals surface area contributed by atoms with Crippen molar-refractivity contribution in [2.24, 2.45) is 0 Å². The van der Waals surface area contributed by atoms with Gasteiger partial charge in [0.05, 0.1) is 0 Å². The molecule has 1 fully saturated rings. The zero-order chi connectivity index (χ0) is 9.72. The van der Waals surface area contributed by atoms with Crippen molar-refractivity contribution in [2.75, 3.05) is 27.2 Å². The molecule has 0 aliphatic carbocycles. The summed E-state index contributed by atoms with van der Waals surface area (Å²) in [6, 6.07) is 0.130. The SMILES string of the molecule is CC(C)=O.CN1CCN(C)C1=O. The van der Waals surface area contributed by atoms with Crippen LogP contribution in [0.3, 0.4) is 0 Å². The number of carbonyl (C=O) groups is 2. The fraction of sp³-hybridized carbons (Fsp3) is 0.750. The molecule has 0 aromatic heterocycles. The third-order valence-electron chi connectivity index (χ3n) is 1.42. The standard InChI is InChI=1S/C5H10N2O.C3H6O/c1-6-3-4-7(2)5(6)8;1-3(2)4/h3-4H2,1-2H3;1-2H3. The molecule has 1 saturated heterocycles. The zero-order valence-electron chi connectivity index (χ0n) is 8.13. The van der Waals surface area contributed by atoms with Gasteiger partial charge in [-0.15, -0.1) is 0 Å². The third-order valence-corrected chi connectivity index (χ3v) is 1.42. The van der Waals surface area contributed by atoms with Crippen molar-refractivity contribution >= 4 is 11.8 Å². The molecule has 12 heavy (non-hydrogen) atoms.